The Bertz CT molecular complexity index is 862. The Kier molecular flexibility index (Phi) is 12.0. The highest BCUT2D eigenvalue weighted by Gasteiger charge is 2.24. The van der Waals surface area contributed by atoms with Crippen LogP contribution >= 0.6 is 24.0 Å². The van der Waals surface area contributed by atoms with E-state index in [2.05, 4.69) is 29.3 Å². The maximum atomic E-state index is 10.8. The molecule has 2 aromatic carbocycles. The van der Waals surface area contributed by atoms with Gasteiger partial charge in [-0.1, -0.05) is 42.5 Å². The predicted molar refractivity (Wildman–Crippen MR) is 142 cm³/mol. The average Bonchev–Trinajstić information content (AvgIpc) is 3.27. The number of amides is 1. The first-order valence-electron chi connectivity index (χ1n) is 11.3. The number of nitrogens with one attached hydrogen (secondary N) is 1. The Morgan fingerprint density at radius 2 is 1.91 bits per heavy atom. The van der Waals surface area contributed by atoms with Gasteiger partial charge >= 0.3 is 0 Å². The molecule has 3 N–H and O–H groups in total. The minimum absolute atomic E-state index is 0. The number of nitrogens with two attached hydrogens (primary N) is 1. The lowest BCUT2D eigenvalue weighted by atomic mass is 10.1. The molecule has 1 aliphatic rings. The third-order valence-electron chi connectivity index (χ3n) is 5.35. The van der Waals surface area contributed by atoms with Gasteiger partial charge in [0.25, 0.3) is 5.91 Å². The molecule has 1 amide bonds. The Morgan fingerprint density at radius 1 is 1.15 bits per heavy atom. The molecule has 7 nitrogen and oxygen atoms in total. The zero-order chi connectivity index (χ0) is 22.6. The van der Waals surface area contributed by atoms with E-state index >= 15 is 0 Å². The highest BCUT2D eigenvalue weighted by atomic mass is 127. The van der Waals surface area contributed by atoms with Crippen molar-refractivity contribution in [3.63, 3.8) is 0 Å². The summed E-state index contributed by atoms with van der Waals surface area (Å²) in [6.07, 6.45) is 1.95. The van der Waals surface area contributed by atoms with Gasteiger partial charge < -0.3 is 25.4 Å². The van der Waals surface area contributed by atoms with Crippen molar-refractivity contribution < 1.29 is 14.3 Å². The van der Waals surface area contributed by atoms with Gasteiger partial charge in [0.05, 0.1) is 13.2 Å². The number of ether oxygens (including phenoxy) is 2. The number of aliphatic imine (C=N–C) groups is 1. The largest absolute Gasteiger partial charge is 0.484 e. The van der Waals surface area contributed by atoms with Crippen molar-refractivity contribution in [3.8, 4) is 5.75 Å². The van der Waals surface area contributed by atoms with Gasteiger partial charge in [-0.15, -0.1) is 24.0 Å². The Labute approximate surface area is 213 Å². The first-order valence-corrected chi connectivity index (χ1v) is 11.3. The van der Waals surface area contributed by atoms with Crippen molar-refractivity contribution in [3.05, 3.63) is 65.7 Å². The molecule has 1 atom stereocenters. The van der Waals surface area contributed by atoms with E-state index in [1.807, 2.05) is 42.5 Å². The highest BCUT2D eigenvalue weighted by Crippen LogP contribution is 2.18. The lowest BCUT2D eigenvalue weighted by Gasteiger charge is -2.21. The van der Waals surface area contributed by atoms with Gasteiger partial charge in [0.2, 0.25) is 0 Å². The van der Waals surface area contributed by atoms with Gasteiger partial charge in [-0.25, -0.2) is 0 Å². The van der Waals surface area contributed by atoms with Crippen molar-refractivity contribution in [2.75, 3.05) is 39.4 Å². The summed E-state index contributed by atoms with van der Waals surface area (Å²) in [7, 11) is 0. The minimum Gasteiger partial charge on any atom is -0.484 e. The summed E-state index contributed by atoms with van der Waals surface area (Å²) < 4.78 is 11.2. The molecule has 0 bridgehead atoms. The highest BCUT2D eigenvalue weighted by molar-refractivity contribution is 14.0. The van der Waals surface area contributed by atoms with E-state index in [0.717, 1.165) is 45.0 Å². The molecule has 0 spiro atoms. The topological polar surface area (TPSA) is 89.2 Å². The third kappa shape index (κ3) is 9.59. The number of guanidine groups is 1. The van der Waals surface area contributed by atoms with Crippen LogP contribution in [0.3, 0.4) is 0 Å². The molecule has 1 aliphatic heterocycles. The summed E-state index contributed by atoms with van der Waals surface area (Å²) in [5, 5.41) is 3.42. The van der Waals surface area contributed by atoms with Crippen LogP contribution in [0.25, 0.3) is 0 Å². The van der Waals surface area contributed by atoms with Crippen molar-refractivity contribution in [2.24, 2.45) is 16.6 Å². The Balaban J connectivity index is 0.00000385. The lowest BCUT2D eigenvalue weighted by Crippen LogP contribution is -2.40. The van der Waals surface area contributed by atoms with Crippen LogP contribution in [-0.4, -0.2) is 56.2 Å². The summed E-state index contributed by atoms with van der Waals surface area (Å²) in [5.74, 6) is 1.66. The Hall–Kier alpha value is -2.33. The second-order valence-electron chi connectivity index (χ2n) is 7.99. The molecule has 180 valence electrons. The van der Waals surface area contributed by atoms with Crippen LogP contribution in [0.4, 0.5) is 0 Å². The quantitative estimate of drug-likeness (QED) is 0.248. The number of hydrogen-bond donors (Lipinski definition) is 2. The van der Waals surface area contributed by atoms with Gasteiger partial charge in [-0.3, -0.25) is 9.79 Å². The van der Waals surface area contributed by atoms with E-state index in [4.69, 9.17) is 20.2 Å². The minimum atomic E-state index is -0.480. The summed E-state index contributed by atoms with van der Waals surface area (Å²) in [6, 6.07) is 18.0. The van der Waals surface area contributed by atoms with Crippen LogP contribution in [0.15, 0.2) is 59.6 Å². The first-order chi connectivity index (χ1) is 15.6. The maximum Gasteiger partial charge on any atom is 0.255 e. The van der Waals surface area contributed by atoms with E-state index in [9.17, 15) is 4.79 Å². The number of carbonyl (C=O) groups excluding carboxylic acids is 1. The molecule has 1 fully saturated rings. The molecule has 1 unspecified atom stereocenters. The lowest BCUT2D eigenvalue weighted by molar-refractivity contribution is -0.119. The molecular weight excluding hydrogens is 531 g/mol. The van der Waals surface area contributed by atoms with Crippen LogP contribution in [0.1, 0.15) is 24.5 Å². The molecule has 0 aliphatic carbocycles. The van der Waals surface area contributed by atoms with Crippen molar-refractivity contribution in [2.45, 2.75) is 26.4 Å². The third-order valence-corrected chi connectivity index (χ3v) is 5.35. The van der Waals surface area contributed by atoms with Gasteiger partial charge in [-0.05, 0) is 43.0 Å². The Morgan fingerprint density at radius 3 is 2.61 bits per heavy atom. The van der Waals surface area contributed by atoms with Crippen LogP contribution in [0, 0.1) is 5.92 Å². The second-order valence-corrected chi connectivity index (χ2v) is 7.99. The van der Waals surface area contributed by atoms with E-state index in [1.54, 1.807) is 0 Å². The molecule has 1 saturated heterocycles. The van der Waals surface area contributed by atoms with E-state index in [0.29, 0.717) is 24.8 Å². The van der Waals surface area contributed by atoms with Crippen LogP contribution in [0.2, 0.25) is 0 Å². The van der Waals surface area contributed by atoms with Crippen molar-refractivity contribution in [1.29, 1.82) is 0 Å². The SMILES string of the molecule is CCNC(=NCCc1ccc(OCC(N)=O)cc1)N1CCC(COCc2ccccc2)C1.I. The normalized spacial score (nSPS) is 15.7. The van der Waals surface area contributed by atoms with E-state index < -0.39 is 5.91 Å². The molecule has 3 rings (SSSR count). The number of halogens is 1. The monoisotopic (exact) mass is 566 g/mol. The molecule has 8 heteroatoms. The summed E-state index contributed by atoms with van der Waals surface area (Å²) in [4.78, 5) is 18.0. The number of carbonyl (C=O) groups is 1. The molecule has 0 aromatic heterocycles. The number of hydrogen-bond acceptors (Lipinski definition) is 4. The van der Waals surface area contributed by atoms with E-state index in [-0.39, 0.29) is 30.6 Å². The number of likely N-dealkylation sites (tertiary alicyclic amines) is 1. The fourth-order valence-electron chi connectivity index (χ4n) is 3.70. The van der Waals surface area contributed by atoms with Crippen LogP contribution in [-0.2, 0) is 22.6 Å². The summed E-state index contributed by atoms with van der Waals surface area (Å²) in [6.45, 7) is 6.93. The molecular formula is C25H35IN4O3. The molecule has 2 aromatic rings. The second kappa shape index (κ2) is 14.7. The number of benzene rings is 2. The standard InChI is InChI=1S/C25H34N4O3.HI/c1-2-27-25(28-14-12-20-8-10-23(11-9-20)32-19-24(26)30)29-15-13-22(16-29)18-31-17-21-6-4-3-5-7-21;/h3-11,22H,2,12-19H2,1H3,(H2,26,30)(H,27,28);1H. The van der Waals surface area contributed by atoms with Gasteiger partial charge in [0, 0.05) is 32.1 Å². The van der Waals surface area contributed by atoms with Gasteiger partial charge in [0.1, 0.15) is 5.75 Å². The molecule has 0 radical (unpaired) electrons. The van der Waals surface area contributed by atoms with Crippen LogP contribution in [0.5, 0.6) is 5.75 Å². The van der Waals surface area contributed by atoms with Crippen molar-refractivity contribution >= 4 is 35.8 Å². The summed E-state index contributed by atoms with van der Waals surface area (Å²) in [5.41, 5.74) is 7.49. The van der Waals surface area contributed by atoms with E-state index in [1.165, 1.54) is 11.1 Å². The molecule has 1 heterocycles. The average molecular weight is 566 g/mol. The molecule has 0 saturated carbocycles. The zero-order valence-corrected chi connectivity index (χ0v) is 21.6. The zero-order valence-electron chi connectivity index (χ0n) is 19.2. The number of rotatable bonds is 11. The van der Waals surface area contributed by atoms with Gasteiger partial charge in [-0.2, -0.15) is 0 Å². The fourth-order valence-corrected chi connectivity index (χ4v) is 3.70. The number of nitrogens with zero attached hydrogens (tertiary/aromatic N) is 2. The molecule has 33 heavy (non-hydrogen) atoms. The maximum absolute atomic E-state index is 10.8. The van der Waals surface area contributed by atoms with Crippen LogP contribution < -0.4 is 15.8 Å². The summed E-state index contributed by atoms with van der Waals surface area (Å²) >= 11 is 0. The first kappa shape index (κ1) is 26.9. The predicted octanol–water partition coefficient (Wildman–Crippen LogP) is 3.22. The van der Waals surface area contributed by atoms with Gasteiger partial charge in [0.15, 0.2) is 12.6 Å². The number of primary amides is 1. The fraction of sp³-hybridized carbons (Fsp3) is 0.440. The smallest absolute Gasteiger partial charge is 0.255 e. The van der Waals surface area contributed by atoms with Crippen molar-refractivity contribution in [1.82, 2.24) is 10.2 Å².